The van der Waals surface area contributed by atoms with Gasteiger partial charge in [-0.15, -0.1) is 0 Å². The third-order valence-electron chi connectivity index (χ3n) is 3.35. The summed E-state index contributed by atoms with van der Waals surface area (Å²) in [6, 6.07) is 14.5. The summed E-state index contributed by atoms with van der Waals surface area (Å²) < 4.78 is 0. The second-order valence-electron chi connectivity index (χ2n) is 4.40. The van der Waals surface area contributed by atoms with E-state index in [1.807, 2.05) is 30.3 Å². The number of carbonyl (C=O) groups excluding carboxylic acids is 1. The van der Waals surface area contributed by atoms with Crippen molar-refractivity contribution >= 4 is 17.7 Å². The Kier molecular flexibility index (Phi) is 2.69. The number of para-hydroxylation sites is 1. The fourth-order valence-electron chi connectivity index (χ4n) is 2.42. The summed E-state index contributed by atoms with van der Waals surface area (Å²) in [4.78, 5) is 13.8. The molecular formula is C16H13NO2. The van der Waals surface area contributed by atoms with Gasteiger partial charge in [0.25, 0.3) is 5.91 Å². The summed E-state index contributed by atoms with van der Waals surface area (Å²) in [5.74, 6) is -0.183. The average Bonchev–Trinajstić information content (AvgIpc) is 2.71. The second kappa shape index (κ2) is 4.37. The highest BCUT2D eigenvalue weighted by atomic mass is 16.3. The minimum absolute atomic E-state index is 0.183. The van der Waals surface area contributed by atoms with E-state index in [1.54, 1.807) is 24.3 Å². The minimum atomic E-state index is -0.940. The molecule has 2 aromatic rings. The topological polar surface area (TPSA) is 40.5 Å². The van der Waals surface area contributed by atoms with Crippen LogP contribution >= 0.6 is 0 Å². The number of hydrogen-bond donors (Lipinski definition) is 1. The van der Waals surface area contributed by atoms with Gasteiger partial charge in [-0.05, 0) is 17.7 Å². The molecule has 0 aliphatic carbocycles. The van der Waals surface area contributed by atoms with Crippen molar-refractivity contribution in [3.8, 4) is 0 Å². The molecule has 1 heterocycles. The number of hydrogen-bond acceptors (Lipinski definition) is 2. The summed E-state index contributed by atoms with van der Waals surface area (Å²) in [6.45, 7) is 3.74. The van der Waals surface area contributed by atoms with E-state index in [9.17, 15) is 9.90 Å². The van der Waals surface area contributed by atoms with Crippen molar-refractivity contribution in [2.75, 3.05) is 4.90 Å². The van der Waals surface area contributed by atoms with Crippen LogP contribution in [0.4, 0.5) is 5.69 Å². The number of benzene rings is 2. The van der Waals surface area contributed by atoms with Crippen molar-refractivity contribution in [1.82, 2.24) is 0 Å². The monoisotopic (exact) mass is 251 g/mol. The molecule has 1 aliphatic heterocycles. The van der Waals surface area contributed by atoms with E-state index in [-0.39, 0.29) is 5.91 Å². The molecule has 3 rings (SSSR count). The average molecular weight is 251 g/mol. The van der Waals surface area contributed by atoms with Crippen molar-refractivity contribution in [2.45, 2.75) is 6.23 Å². The van der Waals surface area contributed by atoms with E-state index >= 15 is 0 Å². The largest absolute Gasteiger partial charge is 0.369 e. The Morgan fingerprint density at radius 2 is 1.79 bits per heavy atom. The first kappa shape index (κ1) is 11.7. The molecule has 0 saturated heterocycles. The molecule has 0 radical (unpaired) electrons. The normalized spacial score (nSPS) is 17.4. The highest BCUT2D eigenvalue weighted by Gasteiger charge is 2.36. The number of carbonyl (C=O) groups is 1. The third-order valence-corrected chi connectivity index (χ3v) is 3.35. The number of rotatable bonds is 2. The van der Waals surface area contributed by atoms with Crippen molar-refractivity contribution < 1.29 is 9.90 Å². The molecule has 1 amide bonds. The van der Waals surface area contributed by atoms with Gasteiger partial charge in [-0.1, -0.05) is 49.1 Å². The fourth-order valence-corrected chi connectivity index (χ4v) is 2.42. The number of anilines is 1. The Hall–Kier alpha value is -2.39. The first-order valence-electron chi connectivity index (χ1n) is 6.06. The van der Waals surface area contributed by atoms with Crippen LogP contribution in [0.15, 0.2) is 55.1 Å². The maximum absolute atomic E-state index is 12.4. The number of aliphatic hydroxyl groups is 1. The van der Waals surface area contributed by atoms with Crippen LogP contribution in [-0.4, -0.2) is 11.0 Å². The summed E-state index contributed by atoms with van der Waals surface area (Å²) in [6.07, 6.45) is 0.739. The molecule has 0 aromatic heterocycles. The van der Waals surface area contributed by atoms with Gasteiger partial charge >= 0.3 is 0 Å². The zero-order valence-corrected chi connectivity index (χ0v) is 10.3. The predicted molar refractivity (Wildman–Crippen MR) is 74.7 cm³/mol. The molecule has 3 heteroatoms. The molecule has 0 saturated carbocycles. The van der Waals surface area contributed by atoms with Gasteiger partial charge in [-0.25, -0.2) is 0 Å². The lowest BCUT2D eigenvalue weighted by Crippen LogP contribution is -2.28. The van der Waals surface area contributed by atoms with Crippen molar-refractivity contribution in [1.29, 1.82) is 0 Å². The molecule has 94 valence electrons. The summed E-state index contributed by atoms with van der Waals surface area (Å²) in [5.41, 5.74) is 2.69. The zero-order valence-electron chi connectivity index (χ0n) is 10.3. The van der Waals surface area contributed by atoms with Crippen LogP contribution in [0.3, 0.4) is 0 Å². The Morgan fingerprint density at radius 3 is 2.53 bits per heavy atom. The fraction of sp³-hybridized carbons (Fsp3) is 0.0625. The van der Waals surface area contributed by atoms with Gasteiger partial charge in [0.15, 0.2) is 6.23 Å². The van der Waals surface area contributed by atoms with E-state index in [4.69, 9.17) is 0 Å². The summed E-state index contributed by atoms with van der Waals surface area (Å²) in [5, 5.41) is 10.4. The third kappa shape index (κ3) is 1.67. The Morgan fingerprint density at radius 1 is 1.11 bits per heavy atom. The van der Waals surface area contributed by atoms with Crippen LogP contribution in [-0.2, 0) is 0 Å². The van der Waals surface area contributed by atoms with Crippen molar-refractivity contribution in [3.63, 3.8) is 0 Å². The van der Waals surface area contributed by atoms with Crippen LogP contribution in [0.5, 0.6) is 0 Å². The smallest absolute Gasteiger partial charge is 0.261 e. The molecule has 1 aliphatic rings. The van der Waals surface area contributed by atoms with Gasteiger partial charge in [0.2, 0.25) is 0 Å². The molecule has 0 spiro atoms. The maximum atomic E-state index is 12.4. The number of aliphatic hydroxyl groups excluding tert-OH is 1. The van der Waals surface area contributed by atoms with E-state index < -0.39 is 6.23 Å². The lowest BCUT2D eigenvalue weighted by molar-refractivity contribution is 0.0935. The molecule has 0 bridgehead atoms. The molecule has 1 N–H and O–H groups in total. The number of fused-ring (bicyclic) bond motifs is 1. The number of nitrogens with zero attached hydrogens (tertiary/aromatic N) is 1. The van der Waals surface area contributed by atoms with Crippen LogP contribution in [0.25, 0.3) is 6.08 Å². The number of amides is 1. The predicted octanol–water partition coefficient (Wildman–Crippen LogP) is 2.98. The Labute approximate surface area is 111 Å². The van der Waals surface area contributed by atoms with Crippen LogP contribution < -0.4 is 4.90 Å². The van der Waals surface area contributed by atoms with Crippen LogP contribution in [0.2, 0.25) is 0 Å². The van der Waals surface area contributed by atoms with Gasteiger partial charge in [-0.3, -0.25) is 9.69 Å². The Balaban J connectivity index is 2.14. The molecule has 1 unspecified atom stereocenters. The second-order valence-corrected chi connectivity index (χ2v) is 4.40. The van der Waals surface area contributed by atoms with Gasteiger partial charge in [0, 0.05) is 11.1 Å². The lowest BCUT2D eigenvalue weighted by Gasteiger charge is -2.22. The molecule has 3 nitrogen and oxygen atoms in total. The summed E-state index contributed by atoms with van der Waals surface area (Å²) >= 11 is 0. The first-order chi connectivity index (χ1) is 9.24. The maximum Gasteiger partial charge on any atom is 0.261 e. The molecular weight excluding hydrogens is 238 g/mol. The summed E-state index contributed by atoms with van der Waals surface area (Å²) in [7, 11) is 0. The van der Waals surface area contributed by atoms with E-state index in [1.165, 1.54) is 4.90 Å². The first-order valence-corrected chi connectivity index (χ1v) is 6.06. The van der Waals surface area contributed by atoms with Gasteiger partial charge in [-0.2, -0.15) is 0 Å². The zero-order chi connectivity index (χ0) is 13.4. The Bertz CT molecular complexity index is 663. The van der Waals surface area contributed by atoms with Crippen LogP contribution in [0.1, 0.15) is 27.7 Å². The highest BCUT2D eigenvalue weighted by Crippen LogP contribution is 2.37. The SMILES string of the molecule is C=Cc1ccccc1N1C(=O)c2ccccc2C1O. The molecule has 1 atom stereocenters. The minimum Gasteiger partial charge on any atom is -0.369 e. The molecule has 2 aromatic carbocycles. The standard InChI is InChI=1S/C16H13NO2/c1-2-11-7-3-6-10-14(11)17-15(18)12-8-4-5-9-13(12)16(17)19/h2-10,15,18H,1H2. The van der Waals surface area contributed by atoms with E-state index in [2.05, 4.69) is 6.58 Å². The van der Waals surface area contributed by atoms with Crippen molar-refractivity contribution in [3.05, 3.63) is 71.8 Å². The van der Waals surface area contributed by atoms with Crippen LogP contribution in [0, 0.1) is 0 Å². The highest BCUT2D eigenvalue weighted by molar-refractivity contribution is 6.11. The van der Waals surface area contributed by atoms with Gasteiger partial charge in [0.05, 0.1) is 5.69 Å². The molecule has 0 fully saturated rings. The van der Waals surface area contributed by atoms with E-state index in [0.717, 1.165) is 5.56 Å². The quantitative estimate of drug-likeness (QED) is 0.891. The lowest BCUT2D eigenvalue weighted by atomic mass is 10.1. The van der Waals surface area contributed by atoms with E-state index in [0.29, 0.717) is 16.8 Å². The van der Waals surface area contributed by atoms with Gasteiger partial charge < -0.3 is 5.11 Å². The van der Waals surface area contributed by atoms with Crippen molar-refractivity contribution in [2.24, 2.45) is 0 Å². The molecule has 19 heavy (non-hydrogen) atoms. The van der Waals surface area contributed by atoms with Gasteiger partial charge in [0.1, 0.15) is 0 Å².